The number of unbranched alkanes of at least 4 members (excludes halogenated alkanes) is 26. The average Bonchev–Trinajstić information content (AvgIpc) is 2.22. The third kappa shape index (κ3) is 33.8. The van der Waals surface area contributed by atoms with Gasteiger partial charge in [-0.25, -0.2) is 0 Å². The van der Waals surface area contributed by atoms with Crippen molar-refractivity contribution in [1.82, 2.24) is 5.32 Å². The minimum absolute atomic E-state index is 0.162. The van der Waals surface area contributed by atoms with E-state index in [1.54, 1.807) is 6.08 Å². The van der Waals surface area contributed by atoms with Crippen molar-refractivity contribution in [3.8, 4) is 0 Å². The molecule has 3 rings (SSSR count). The molecule has 17 unspecified atom stereocenters. The number of carbonyl (C=O) groups excluding carboxylic acids is 1. The first-order chi connectivity index (χ1) is 43.3. The van der Waals surface area contributed by atoms with Crippen LogP contribution in [0.1, 0.15) is 232 Å². The molecule has 19 heteroatoms. The predicted molar refractivity (Wildman–Crippen MR) is 346 cm³/mol. The largest absolute Gasteiger partial charge is 0.394 e. The molecule has 516 valence electrons. The van der Waals surface area contributed by atoms with Crippen LogP contribution in [0.3, 0.4) is 0 Å². The molecular weight excluding hydrogens is 1140 g/mol. The Labute approximate surface area is 534 Å². The van der Waals surface area contributed by atoms with Crippen LogP contribution in [0, 0.1) is 0 Å². The lowest BCUT2D eigenvalue weighted by Gasteiger charge is -2.48. The Morgan fingerprint density at radius 3 is 1.20 bits per heavy atom. The molecular formula is C70H123NO18. The fourth-order valence-corrected chi connectivity index (χ4v) is 11.4. The number of carbonyl (C=O) groups is 1. The van der Waals surface area contributed by atoms with Crippen LogP contribution in [-0.2, 0) is 33.2 Å². The summed E-state index contributed by atoms with van der Waals surface area (Å²) in [5.74, 6) is -0.333. The number of amides is 1. The Morgan fingerprint density at radius 1 is 0.416 bits per heavy atom. The van der Waals surface area contributed by atoms with Crippen molar-refractivity contribution >= 4 is 5.91 Å². The molecule has 3 heterocycles. The molecule has 0 aromatic heterocycles. The Bertz CT molecular complexity index is 1900. The number of nitrogens with one attached hydrogen (secondary N) is 1. The van der Waals surface area contributed by atoms with E-state index >= 15 is 0 Å². The van der Waals surface area contributed by atoms with Crippen LogP contribution < -0.4 is 5.32 Å². The number of aliphatic hydroxyl groups is 11. The number of allylic oxidation sites excluding steroid dienone is 11. The van der Waals surface area contributed by atoms with Gasteiger partial charge in [-0.05, 0) is 57.8 Å². The Morgan fingerprint density at radius 2 is 0.775 bits per heavy atom. The van der Waals surface area contributed by atoms with E-state index in [-0.39, 0.29) is 18.9 Å². The zero-order valence-electron chi connectivity index (χ0n) is 54.4. The highest BCUT2D eigenvalue weighted by Crippen LogP contribution is 2.33. The van der Waals surface area contributed by atoms with Crippen LogP contribution in [0.4, 0.5) is 0 Å². The van der Waals surface area contributed by atoms with Gasteiger partial charge < -0.3 is 89.9 Å². The smallest absolute Gasteiger partial charge is 0.220 e. The number of hydrogen-bond donors (Lipinski definition) is 12. The summed E-state index contributed by atoms with van der Waals surface area (Å²) in [6.07, 6.45) is 37.5. The summed E-state index contributed by atoms with van der Waals surface area (Å²) in [4.78, 5) is 13.4. The summed E-state index contributed by atoms with van der Waals surface area (Å²) in [5, 5.41) is 120. The minimum Gasteiger partial charge on any atom is -0.394 e. The predicted octanol–water partition coefficient (Wildman–Crippen LogP) is 8.94. The van der Waals surface area contributed by atoms with E-state index in [1.165, 1.54) is 141 Å². The molecule has 0 aliphatic carbocycles. The van der Waals surface area contributed by atoms with E-state index in [0.717, 1.165) is 57.8 Å². The maximum absolute atomic E-state index is 13.4. The summed E-state index contributed by atoms with van der Waals surface area (Å²) in [7, 11) is 0. The van der Waals surface area contributed by atoms with Gasteiger partial charge in [0, 0.05) is 6.42 Å². The lowest BCUT2D eigenvalue weighted by molar-refractivity contribution is -0.379. The van der Waals surface area contributed by atoms with E-state index in [2.05, 4.69) is 73.8 Å². The second kappa shape index (κ2) is 51.6. The summed E-state index contributed by atoms with van der Waals surface area (Å²) >= 11 is 0. The first-order valence-electron chi connectivity index (χ1n) is 34.7. The van der Waals surface area contributed by atoms with E-state index in [0.29, 0.717) is 12.8 Å². The van der Waals surface area contributed by atoms with Crippen molar-refractivity contribution in [3.05, 3.63) is 72.9 Å². The van der Waals surface area contributed by atoms with Crippen molar-refractivity contribution < 1.29 is 89.4 Å². The van der Waals surface area contributed by atoms with E-state index < -0.39 is 124 Å². The number of aliphatic hydroxyl groups excluding tert-OH is 11. The highest BCUT2D eigenvalue weighted by atomic mass is 16.8. The average molecular weight is 1270 g/mol. The third-order valence-electron chi connectivity index (χ3n) is 17.0. The quantitative estimate of drug-likeness (QED) is 0.0200. The maximum atomic E-state index is 13.4. The van der Waals surface area contributed by atoms with Crippen LogP contribution in [0.5, 0.6) is 0 Å². The Balaban J connectivity index is 1.45. The molecule has 3 aliphatic rings. The molecule has 3 fully saturated rings. The van der Waals surface area contributed by atoms with Crippen molar-refractivity contribution in [3.63, 3.8) is 0 Å². The van der Waals surface area contributed by atoms with Gasteiger partial charge in [0.2, 0.25) is 5.91 Å². The van der Waals surface area contributed by atoms with Crippen molar-refractivity contribution in [2.75, 3.05) is 26.4 Å². The number of hydrogen-bond acceptors (Lipinski definition) is 18. The molecule has 0 bridgehead atoms. The third-order valence-corrected chi connectivity index (χ3v) is 17.0. The molecule has 12 N–H and O–H groups in total. The zero-order chi connectivity index (χ0) is 64.7. The topological polar surface area (TPSA) is 307 Å². The van der Waals surface area contributed by atoms with Gasteiger partial charge >= 0.3 is 0 Å². The van der Waals surface area contributed by atoms with Crippen molar-refractivity contribution in [1.29, 1.82) is 0 Å². The van der Waals surface area contributed by atoms with Crippen molar-refractivity contribution in [2.45, 2.75) is 336 Å². The summed E-state index contributed by atoms with van der Waals surface area (Å²) < 4.78 is 34.3. The maximum Gasteiger partial charge on any atom is 0.220 e. The van der Waals surface area contributed by atoms with E-state index in [1.807, 2.05) is 12.2 Å². The highest BCUT2D eigenvalue weighted by molar-refractivity contribution is 5.76. The molecule has 0 radical (unpaired) electrons. The van der Waals surface area contributed by atoms with Crippen LogP contribution >= 0.6 is 0 Å². The first-order valence-corrected chi connectivity index (χ1v) is 34.7. The summed E-state index contributed by atoms with van der Waals surface area (Å²) in [6, 6.07) is -1.01. The van der Waals surface area contributed by atoms with Gasteiger partial charge in [-0.3, -0.25) is 4.79 Å². The Hall–Kier alpha value is -2.77. The molecule has 17 atom stereocenters. The molecule has 0 aromatic rings. The first kappa shape index (κ1) is 80.5. The summed E-state index contributed by atoms with van der Waals surface area (Å²) in [5.41, 5.74) is 0. The van der Waals surface area contributed by atoms with Gasteiger partial charge in [0.1, 0.15) is 73.2 Å². The molecule has 0 aromatic carbocycles. The molecule has 19 nitrogen and oxygen atoms in total. The van der Waals surface area contributed by atoms with Crippen LogP contribution in [0.2, 0.25) is 0 Å². The lowest BCUT2D eigenvalue weighted by atomic mass is 9.96. The van der Waals surface area contributed by atoms with Gasteiger partial charge in [-0.1, -0.05) is 241 Å². The van der Waals surface area contributed by atoms with Gasteiger partial charge in [-0.15, -0.1) is 0 Å². The SMILES string of the molecule is CC/C=C\C/C=C\C/C=C\C/C=C\C/C=C\CCCC(=O)NC(COC1OC(CO)C(OC2OC(CO)C(OC3OC(CO)C(O)C(O)C3O)C(O)C2O)C(O)C1O)C(O)/C=C/CCCCCCCCCCCCCCCCCCCCCCCCCCC. The summed E-state index contributed by atoms with van der Waals surface area (Å²) in [6.45, 7) is 1.58. The van der Waals surface area contributed by atoms with Crippen LogP contribution in [0.25, 0.3) is 0 Å². The second-order valence-electron chi connectivity index (χ2n) is 24.6. The van der Waals surface area contributed by atoms with Crippen LogP contribution in [-0.4, -0.2) is 193 Å². The fourth-order valence-electron chi connectivity index (χ4n) is 11.4. The van der Waals surface area contributed by atoms with Gasteiger partial charge in [0.05, 0.1) is 38.6 Å². The molecule has 1 amide bonds. The molecule has 0 saturated carbocycles. The second-order valence-corrected chi connectivity index (χ2v) is 24.6. The molecule has 3 aliphatic heterocycles. The minimum atomic E-state index is -1.99. The lowest BCUT2D eigenvalue weighted by Crippen LogP contribution is -2.66. The fraction of sp³-hybridized carbons (Fsp3) is 0.814. The van der Waals surface area contributed by atoms with Gasteiger partial charge in [-0.2, -0.15) is 0 Å². The van der Waals surface area contributed by atoms with E-state index in [9.17, 15) is 61.0 Å². The number of rotatable bonds is 52. The highest BCUT2D eigenvalue weighted by Gasteiger charge is 2.53. The number of ether oxygens (including phenoxy) is 6. The molecule has 89 heavy (non-hydrogen) atoms. The van der Waals surface area contributed by atoms with Crippen LogP contribution in [0.15, 0.2) is 72.9 Å². The zero-order valence-corrected chi connectivity index (χ0v) is 54.4. The standard InChI is InChI=1S/C70H123NO18/c1-3-5-7-9-11-13-15-17-19-21-22-23-24-25-26-27-28-29-30-32-33-35-37-39-41-43-45-47-54(75)53(71-58(76)48-46-44-42-40-38-36-34-31-20-18-16-14-12-10-8-6-4-2)52-84-68-64(82)61(79)66(56(50-73)86-68)89-70-65(83)62(80)67(57(51-74)87-70)88-69-63(81)60(78)59(77)55(49-72)85-69/h6,8,12,14,18,20,34,36,40,42,45,47,53-57,59-70,72-75,77-83H,3-5,7,9-11,13,15-17,19,21-33,35,37-39,41,43-44,46,48-52H2,1-2H3,(H,71,76)/b8-6-,14-12-,20-18-,36-34-,42-40-,47-45+. The molecule has 3 saturated heterocycles. The normalized spacial score (nSPS) is 28.7. The van der Waals surface area contributed by atoms with Crippen molar-refractivity contribution in [2.24, 2.45) is 0 Å². The van der Waals surface area contributed by atoms with Gasteiger partial charge in [0.15, 0.2) is 18.9 Å². The Kier molecular flexibility index (Phi) is 46.7. The van der Waals surface area contributed by atoms with Gasteiger partial charge in [0.25, 0.3) is 0 Å². The van der Waals surface area contributed by atoms with E-state index in [4.69, 9.17) is 28.4 Å². The molecule has 0 spiro atoms. The monoisotopic (exact) mass is 1270 g/mol.